The van der Waals surface area contributed by atoms with E-state index < -0.39 is 5.97 Å². The highest BCUT2D eigenvalue weighted by atomic mass is 16.4. The number of aromatic carboxylic acids is 1. The maximum atomic E-state index is 11.0. The van der Waals surface area contributed by atoms with Crippen molar-refractivity contribution >= 4 is 5.97 Å². The molecular weight excluding hydrogens is 228 g/mol. The summed E-state index contributed by atoms with van der Waals surface area (Å²) in [7, 11) is 0. The molecule has 0 saturated carbocycles. The molecule has 3 heteroatoms. The highest BCUT2D eigenvalue weighted by Crippen LogP contribution is 2.35. The lowest BCUT2D eigenvalue weighted by Gasteiger charge is -2.27. The van der Waals surface area contributed by atoms with Crippen molar-refractivity contribution in [3.05, 3.63) is 53.6 Å². The molecule has 0 saturated heterocycles. The van der Waals surface area contributed by atoms with Crippen LogP contribution in [0.2, 0.25) is 0 Å². The lowest BCUT2D eigenvalue weighted by atomic mass is 9.78. The van der Waals surface area contributed by atoms with Gasteiger partial charge in [0.2, 0.25) is 0 Å². The molecule has 1 aliphatic carbocycles. The van der Waals surface area contributed by atoms with Crippen LogP contribution in [-0.2, 0) is 6.42 Å². The summed E-state index contributed by atoms with van der Waals surface area (Å²) in [6.45, 7) is 2.10. The van der Waals surface area contributed by atoms with E-state index in [-0.39, 0.29) is 16.7 Å². The third-order valence-corrected chi connectivity index (χ3v) is 3.27. The van der Waals surface area contributed by atoms with Gasteiger partial charge in [0, 0.05) is 0 Å². The zero-order valence-corrected chi connectivity index (χ0v) is 10.3. The average molecular weight is 244 g/mol. The van der Waals surface area contributed by atoms with Crippen LogP contribution < -0.4 is 0 Å². The lowest BCUT2D eigenvalue weighted by Crippen LogP contribution is -2.17. The Balaban J connectivity index is 2.30. The van der Waals surface area contributed by atoms with Crippen molar-refractivity contribution in [2.45, 2.75) is 19.8 Å². The van der Waals surface area contributed by atoms with Crippen LogP contribution in [-0.4, -0.2) is 16.2 Å². The van der Waals surface area contributed by atoms with E-state index in [0.717, 1.165) is 6.42 Å². The fourth-order valence-electron chi connectivity index (χ4n) is 2.24. The molecule has 1 unspecified atom stereocenters. The number of hydrogen-bond acceptors (Lipinski definition) is 2. The largest absolute Gasteiger partial charge is 0.507 e. The number of carboxylic acid groups (broad SMARTS) is 1. The number of carbonyl (C=O) groups is 1. The number of rotatable bonds is 3. The van der Waals surface area contributed by atoms with Crippen LogP contribution in [0.15, 0.2) is 42.5 Å². The first-order valence-electron chi connectivity index (χ1n) is 5.90. The minimum Gasteiger partial charge on any atom is -0.507 e. The highest BCUT2D eigenvalue weighted by Gasteiger charge is 2.24. The number of benzene rings is 1. The highest BCUT2D eigenvalue weighted by molar-refractivity contribution is 5.91. The number of allylic oxidation sites excluding steroid dienone is 4. The molecular formula is C15H16O3. The summed E-state index contributed by atoms with van der Waals surface area (Å²) in [6.07, 6.45) is 9.68. The monoisotopic (exact) mass is 244 g/mol. The van der Waals surface area contributed by atoms with Crippen molar-refractivity contribution in [3.63, 3.8) is 0 Å². The van der Waals surface area contributed by atoms with Gasteiger partial charge in [0.05, 0.1) is 0 Å². The van der Waals surface area contributed by atoms with Gasteiger partial charge in [-0.3, -0.25) is 0 Å². The van der Waals surface area contributed by atoms with E-state index in [1.165, 1.54) is 6.07 Å². The van der Waals surface area contributed by atoms with E-state index in [9.17, 15) is 9.90 Å². The van der Waals surface area contributed by atoms with Crippen LogP contribution in [0.1, 0.15) is 29.3 Å². The average Bonchev–Trinajstić information content (AvgIpc) is 2.32. The van der Waals surface area contributed by atoms with Crippen LogP contribution in [0.5, 0.6) is 5.75 Å². The first kappa shape index (κ1) is 12.4. The Labute approximate surface area is 106 Å². The molecule has 0 heterocycles. The quantitative estimate of drug-likeness (QED) is 0.858. The van der Waals surface area contributed by atoms with Crippen LogP contribution in [0.4, 0.5) is 0 Å². The van der Waals surface area contributed by atoms with Gasteiger partial charge in [0.25, 0.3) is 0 Å². The SMILES string of the molecule is CC1(Cc2cccc(C(=O)O)c2O)C=CC=CC1. The predicted octanol–water partition coefficient (Wildman–Crippen LogP) is 3.16. The first-order chi connectivity index (χ1) is 8.52. The molecule has 0 aliphatic heterocycles. The molecule has 0 spiro atoms. The normalized spacial score (nSPS) is 22.1. The standard InChI is InChI=1S/C15H16O3/c1-15(8-3-2-4-9-15)10-11-6-5-7-12(13(11)16)14(17)18/h2-8,16H,9-10H2,1H3,(H,17,18). The molecule has 0 amide bonds. The van der Waals surface area contributed by atoms with Crippen molar-refractivity contribution in [2.75, 3.05) is 0 Å². The molecule has 1 aromatic carbocycles. The van der Waals surface area contributed by atoms with Gasteiger partial charge in [0.1, 0.15) is 11.3 Å². The van der Waals surface area contributed by atoms with Gasteiger partial charge in [-0.1, -0.05) is 43.4 Å². The number of para-hydroxylation sites is 1. The van der Waals surface area contributed by atoms with Crippen LogP contribution in [0.3, 0.4) is 0 Å². The third kappa shape index (κ3) is 2.45. The smallest absolute Gasteiger partial charge is 0.339 e. The van der Waals surface area contributed by atoms with Crippen molar-refractivity contribution < 1.29 is 15.0 Å². The number of carboxylic acids is 1. The minimum atomic E-state index is -1.10. The molecule has 94 valence electrons. The molecule has 18 heavy (non-hydrogen) atoms. The van der Waals surface area contributed by atoms with Gasteiger partial charge in [-0.15, -0.1) is 0 Å². The summed E-state index contributed by atoms with van der Waals surface area (Å²) in [5.41, 5.74) is 0.576. The topological polar surface area (TPSA) is 57.5 Å². The van der Waals surface area contributed by atoms with E-state index in [1.807, 2.05) is 12.2 Å². The van der Waals surface area contributed by atoms with Crippen LogP contribution in [0, 0.1) is 5.41 Å². The Hall–Kier alpha value is -2.03. The maximum Gasteiger partial charge on any atom is 0.339 e. The molecule has 0 bridgehead atoms. The summed E-state index contributed by atoms with van der Waals surface area (Å²) in [6, 6.07) is 4.86. The Kier molecular flexibility index (Phi) is 3.24. The molecule has 3 nitrogen and oxygen atoms in total. The second-order valence-corrected chi connectivity index (χ2v) is 4.94. The number of hydrogen-bond donors (Lipinski definition) is 2. The molecule has 0 aromatic heterocycles. The Morgan fingerprint density at radius 1 is 1.39 bits per heavy atom. The Morgan fingerprint density at radius 2 is 2.17 bits per heavy atom. The Bertz CT molecular complexity index is 529. The predicted molar refractivity (Wildman–Crippen MR) is 69.8 cm³/mol. The number of phenols is 1. The molecule has 0 radical (unpaired) electrons. The van der Waals surface area contributed by atoms with E-state index in [2.05, 4.69) is 19.1 Å². The van der Waals surface area contributed by atoms with Gasteiger partial charge in [0.15, 0.2) is 0 Å². The van der Waals surface area contributed by atoms with Crippen molar-refractivity contribution in [1.82, 2.24) is 0 Å². The van der Waals surface area contributed by atoms with Gasteiger partial charge < -0.3 is 10.2 Å². The Morgan fingerprint density at radius 3 is 2.78 bits per heavy atom. The van der Waals surface area contributed by atoms with Crippen LogP contribution in [0.25, 0.3) is 0 Å². The van der Waals surface area contributed by atoms with E-state index in [0.29, 0.717) is 12.0 Å². The molecule has 1 aliphatic rings. The summed E-state index contributed by atoms with van der Waals surface area (Å²) in [5.74, 6) is -1.22. The molecule has 1 atom stereocenters. The van der Waals surface area contributed by atoms with Gasteiger partial charge >= 0.3 is 5.97 Å². The second kappa shape index (κ2) is 4.69. The molecule has 0 fully saturated rings. The van der Waals surface area contributed by atoms with Crippen LogP contribution >= 0.6 is 0 Å². The fraction of sp³-hybridized carbons (Fsp3) is 0.267. The van der Waals surface area contributed by atoms with Crippen molar-refractivity contribution in [2.24, 2.45) is 5.41 Å². The van der Waals surface area contributed by atoms with Crippen molar-refractivity contribution in [3.8, 4) is 5.75 Å². The minimum absolute atomic E-state index is 0.0357. The summed E-state index contributed by atoms with van der Waals surface area (Å²) in [4.78, 5) is 11.0. The molecule has 2 rings (SSSR count). The zero-order chi connectivity index (χ0) is 13.2. The summed E-state index contributed by atoms with van der Waals surface area (Å²) in [5, 5.41) is 19.0. The lowest BCUT2D eigenvalue weighted by molar-refractivity contribution is 0.0693. The maximum absolute atomic E-state index is 11.0. The summed E-state index contributed by atoms with van der Waals surface area (Å²) >= 11 is 0. The van der Waals surface area contributed by atoms with Gasteiger partial charge in [-0.2, -0.15) is 0 Å². The second-order valence-electron chi connectivity index (χ2n) is 4.94. The zero-order valence-electron chi connectivity index (χ0n) is 10.3. The van der Waals surface area contributed by atoms with Crippen molar-refractivity contribution in [1.29, 1.82) is 0 Å². The van der Waals surface area contributed by atoms with E-state index in [1.54, 1.807) is 12.1 Å². The van der Waals surface area contributed by atoms with Gasteiger partial charge in [-0.05, 0) is 29.9 Å². The number of aromatic hydroxyl groups is 1. The first-order valence-corrected chi connectivity index (χ1v) is 5.90. The molecule has 2 N–H and O–H groups in total. The van der Waals surface area contributed by atoms with Gasteiger partial charge in [-0.25, -0.2) is 4.79 Å². The van der Waals surface area contributed by atoms with E-state index >= 15 is 0 Å². The van der Waals surface area contributed by atoms with E-state index in [4.69, 9.17) is 5.11 Å². The fourth-order valence-corrected chi connectivity index (χ4v) is 2.24. The third-order valence-electron chi connectivity index (χ3n) is 3.27. The molecule has 1 aromatic rings. The summed E-state index contributed by atoms with van der Waals surface area (Å²) < 4.78 is 0.